The summed E-state index contributed by atoms with van der Waals surface area (Å²) in [6, 6.07) is 21.6. The van der Waals surface area contributed by atoms with Gasteiger partial charge >= 0.3 is 6.18 Å². The topological polar surface area (TPSA) is 45.2 Å². The van der Waals surface area contributed by atoms with Crippen molar-refractivity contribution in [3.63, 3.8) is 0 Å². The average molecular weight is 476 g/mol. The number of carbonyl (C=O) groups is 1. The Morgan fingerprint density at radius 2 is 1.66 bits per heavy atom. The zero-order chi connectivity index (χ0) is 24.4. The number of aromatic nitrogens is 1. The highest BCUT2D eigenvalue weighted by Gasteiger charge is 2.30. The first-order chi connectivity index (χ1) is 16.9. The summed E-state index contributed by atoms with van der Waals surface area (Å²) in [5.41, 5.74) is 2.72. The van der Waals surface area contributed by atoms with Crippen LogP contribution in [-0.2, 0) is 12.7 Å². The van der Waals surface area contributed by atoms with E-state index in [9.17, 15) is 18.0 Å². The monoisotopic (exact) mass is 475 g/mol. The highest BCUT2D eigenvalue weighted by atomic mass is 19.4. The minimum absolute atomic E-state index is 0.193. The van der Waals surface area contributed by atoms with Crippen LogP contribution in [0.4, 0.5) is 18.9 Å². The Bertz CT molecular complexity index is 1360. The molecule has 0 radical (unpaired) electrons. The van der Waals surface area contributed by atoms with E-state index in [1.54, 1.807) is 30.3 Å². The Labute approximate surface area is 201 Å². The van der Waals surface area contributed by atoms with Crippen molar-refractivity contribution >= 4 is 22.5 Å². The van der Waals surface area contributed by atoms with Crippen molar-refractivity contribution in [2.45, 2.75) is 25.6 Å². The number of benzene rings is 3. The minimum Gasteiger partial charge on any atom is -0.321 e. The van der Waals surface area contributed by atoms with Crippen molar-refractivity contribution in [3.8, 4) is 11.1 Å². The van der Waals surface area contributed by atoms with Crippen LogP contribution in [0.2, 0.25) is 0 Å². The molecule has 1 amide bonds. The molecule has 178 valence electrons. The number of rotatable bonds is 5. The van der Waals surface area contributed by atoms with E-state index in [1.165, 1.54) is 24.5 Å². The Kier molecular flexibility index (Phi) is 6.26. The van der Waals surface area contributed by atoms with Crippen LogP contribution in [0.15, 0.2) is 78.9 Å². The maximum atomic E-state index is 13.2. The SMILES string of the molecule is O=C(Nc1ccc(CN2CCCC2)cc1)c1ccc2cccc(-c3cccc(C(F)(F)F)c3)c2n1. The zero-order valence-corrected chi connectivity index (χ0v) is 19.0. The van der Waals surface area contributed by atoms with Gasteiger partial charge in [0, 0.05) is 23.2 Å². The van der Waals surface area contributed by atoms with Gasteiger partial charge in [-0.2, -0.15) is 13.2 Å². The molecule has 1 aliphatic heterocycles. The first-order valence-corrected chi connectivity index (χ1v) is 11.6. The molecule has 4 nitrogen and oxygen atoms in total. The van der Waals surface area contributed by atoms with Crippen molar-refractivity contribution < 1.29 is 18.0 Å². The van der Waals surface area contributed by atoms with E-state index in [2.05, 4.69) is 15.2 Å². The summed E-state index contributed by atoms with van der Waals surface area (Å²) in [6.07, 6.45) is -1.96. The second kappa shape index (κ2) is 9.50. The number of likely N-dealkylation sites (tertiary alicyclic amines) is 1. The van der Waals surface area contributed by atoms with E-state index in [-0.39, 0.29) is 11.6 Å². The molecule has 1 N–H and O–H groups in total. The maximum absolute atomic E-state index is 13.2. The first kappa shape index (κ1) is 23.1. The molecule has 1 saturated heterocycles. The van der Waals surface area contributed by atoms with Gasteiger partial charge in [-0.1, -0.05) is 48.5 Å². The lowest BCUT2D eigenvalue weighted by Crippen LogP contribution is -2.18. The molecule has 0 atom stereocenters. The summed E-state index contributed by atoms with van der Waals surface area (Å²) in [6.45, 7) is 3.14. The summed E-state index contributed by atoms with van der Waals surface area (Å²) < 4.78 is 39.7. The Morgan fingerprint density at radius 1 is 0.914 bits per heavy atom. The third kappa shape index (κ3) is 5.20. The molecule has 3 aromatic carbocycles. The molecule has 0 spiro atoms. The van der Waals surface area contributed by atoms with E-state index in [0.29, 0.717) is 22.3 Å². The van der Waals surface area contributed by atoms with Crippen LogP contribution in [0.3, 0.4) is 0 Å². The minimum atomic E-state index is -4.44. The summed E-state index contributed by atoms with van der Waals surface area (Å²) >= 11 is 0. The van der Waals surface area contributed by atoms with Crippen molar-refractivity contribution in [1.82, 2.24) is 9.88 Å². The summed E-state index contributed by atoms with van der Waals surface area (Å²) in [7, 11) is 0. The van der Waals surface area contributed by atoms with Gasteiger partial charge in [-0.15, -0.1) is 0 Å². The Balaban J connectivity index is 1.39. The predicted molar refractivity (Wildman–Crippen MR) is 131 cm³/mol. The molecule has 0 saturated carbocycles. The van der Waals surface area contributed by atoms with Gasteiger partial charge in [0.05, 0.1) is 11.1 Å². The molecule has 5 rings (SSSR count). The smallest absolute Gasteiger partial charge is 0.321 e. The number of hydrogen-bond acceptors (Lipinski definition) is 3. The summed E-state index contributed by atoms with van der Waals surface area (Å²) in [5, 5.41) is 3.61. The quantitative estimate of drug-likeness (QED) is 0.347. The number of pyridine rings is 1. The summed E-state index contributed by atoms with van der Waals surface area (Å²) in [4.78, 5) is 19.9. The molecule has 0 aliphatic carbocycles. The third-order valence-corrected chi connectivity index (χ3v) is 6.27. The van der Waals surface area contributed by atoms with Crippen LogP contribution in [0.25, 0.3) is 22.0 Å². The van der Waals surface area contributed by atoms with E-state index in [0.717, 1.165) is 37.2 Å². The number of alkyl halides is 3. The molecular formula is C28H24F3N3O. The van der Waals surface area contributed by atoms with Crippen LogP contribution in [0.1, 0.15) is 34.5 Å². The molecule has 7 heteroatoms. The number of hydrogen-bond donors (Lipinski definition) is 1. The van der Waals surface area contributed by atoms with Crippen molar-refractivity contribution in [2.75, 3.05) is 18.4 Å². The lowest BCUT2D eigenvalue weighted by atomic mass is 9.99. The Hall–Kier alpha value is -3.71. The standard InChI is InChI=1S/C28H24F3N3O/c29-28(30,31)22-7-3-6-21(17-22)24-8-4-5-20-11-14-25(33-26(20)24)27(35)32-23-12-9-19(10-13-23)18-34-15-1-2-16-34/h3-14,17H,1-2,15-16,18H2,(H,32,35). The second-order valence-electron chi connectivity index (χ2n) is 8.79. The van der Waals surface area contributed by atoms with Crippen LogP contribution >= 0.6 is 0 Å². The molecule has 35 heavy (non-hydrogen) atoms. The molecule has 2 heterocycles. The highest BCUT2D eigenvalue weighted by Crippen LogP contribution is 2.34. The van der Waals surface area contributed by atoms with Crippen LogP contribution in [0.5, 0.6) is 0 Å². The number of halogens is 3. The van der Waals surface area contributed by atoms with Gasteiger partial charge in [-0.3, -0.25) is 9.69 Å². The fourth-order valence-electron chi connectivity index (χ4n) is 4.46. The first-order valence-electron chi connectivity index (χ1n) is 11.6. The van der Waals surface area contributed by atoms with E-state index in [4.69, 9.17) is 0 Å². The molecule has 0 bridgehead atoms. The molecule has 1 fully saturated rings. The molecule has 1 aromatic heterocycles. The summed E-state index contributed by atoms with van der Waals surface area (Å²) in [5.74, 6) is -0.377. The van der Waals surface area contributed by atoms with Gasteiger partial charge in [0.2, 0.25) is 0 Å². The highest BCUT2D eigenvalue weighted by molar-refractivity contribution is 6.05. The van der Waals surface area contributed by atoms with Crippen molar-refractivity contribution in [1.29, 1.82) is 0 Å². The van der Waals surface area contributed by atoms with E-state index in [1.807, 2.05) is 30.3 Å². The molecular weight excluding hydrogens is 451 g/mol. The van der Waals surface area contributed by atoms with Gasteiger partial charge in [-0.05, 0) is 67.4 Å². The largest absolute Gasteiger partial charge is 0.416 e. The number of anilines is 1. The molecule has 0 unspecified atom stereocenters. The Morgan fingerprint density at radius 3 is 2.40 bits per heavy atom. The lowest BCUT2D eigenvalue weighted by Gasteiger charge is -2.15. The average Bonchev–Trinajstić information content (AvgIpc) is 3.37. The van der Waals surface area contributed by atoms with Gasteiger partial charge < -0.3 is 5.32 Å². The van der Waals surface area contributed by atoms with Gasteiger partial charge in [0.25, 0.3) is 5.91 Å². The van der Waals surface area contributed by atoms with E-state index < -0.39 is 11.7 Å². The van der Waals surface area contributed by atoms with Crippen LogP contribution in [0, 0.1) is 0 Å². The third-order valence-electron chi connectivity index (χ3n) is 6.27. The number of para-hydroxylation sites is 1. The number of fused-ring (bicyclic) bond motifs is 1. The fraction of sp³-hybridized carbons (Fsp3) is 0.214. The zero-order valence-electron chi connectivity index (χ0n) is 19.0. The number of nitrogens with zero attached hydrogens (tertiary/aromatic N) is 2. The number of amides is 1. The maximum Gasteiger partial charge on any atom is 0.416 e. The van der Waals surface area contributed by atoms with E-state index >= 15 is 0 Å². The van der Waals surface area contributed by atoms with Crippen molar-refractivity contribution in [2.24, 2.45) is 0 Å². The fourth-order valence-corrected chi connectivity index (χ4v) is 4.46. The lowest BCUT2D eigenvalue weighted by molar-refractivity contribution is -0.137. The second-order valence-corrected chi connectivity index (χ2v) is 8.79. The number of carbonyl (C=O) groups excluding carboxylic acids is 1. The van der Waals surface area contributed by atoms with Crippen LogP contribution < -0.4 is 5.32 Å². The molecule has 1 aliphatic rings. The normalized spacial score (nSPS) is 14.4. The van der Waals surface area contributed by atoms with Gasteiger partial charge in [0.1, 0.15) is 5.69 Å². The number of nitrogens with one attached hydrogen (secondary N) is 1. The van der Waals surface area contributed by atoms with Gasteiger partial charge in [-0.25, -0.2) is 4.98 Å². The predicted octanol–water partition coefficient (Wildman–Crippen LogP) is 6.77. The molecule has 4 aromatic rings. The van der Waals surface area contributed by atoms with Crippen LogP contribution in [-0.4, -0.2) is 28.9 Å². The van der Waals surface area contributed by atoms with Crippen molar-refractivity contribution in [3.05, 3.63) is 95.7 Å². The van der Waals surface area contributed by atoms with Gasteiger partial charge in [0.15, 0.2) is 0 Å².